The van der Waals surface area contributed by atoms with Crippen molar-refractivity contribution < 1.29 is 9.13 Å². The van der Waals surface area contributed by atoms with Crippen LogP contribution in [0.1, 0.15) is 24.1 Å². The molecule has 2 aromatic carbocycles. The molecule has 0 aliphatic carbocycles. The second-order valence-corrected chi connectivity index (χ2v) is 4.65. The smallest absolute Gasteiger partial charge is 0.126 e. The molecule has 1 unspecified atom stereocenters. The Morgan fingerprint density at radius 2 is 1.80 bits per heavy atom. The summed E-state index contributed by atoms with van der Waals surface area (Å²) in [6.07, 6.45) is 0.598. The van der Waals surface area contributed by atoms with Crippen LogP contribution in [0, 0.1) is 5.82 Å². The largest absolute Gasteiger partial charge is 0.496 e. The minimum absolute atomic E-state index is 0.0352. The maximum absolute atomic E-state index is 13.8. The number of hydrogen-bond acceptors (Lipinski definition) is 2. The number of nitrogens with one attached hydrogen (secondary N) is 1. The molecule has 2 nitrogen and oxygen atoms in total. The van der Waals surface area contributed by atoms with E-state index in [9.17, 15) is 4.39 Å². The van der Waals surface area contributed by atoms with Crippen molar-refractivity contribution in [3.63, 3.8) is 0 Å². The van der Waals surface area contributed by atoms with Crippen LogP contribution in [0.15, 0.2) is 48.5 Å². The Hall–Kier alpha value is -1.87. The lowest BCUT2D eigenvalue weighted by Crippen LogP contribution is -2.23. The van der Waals surface area contributed by atoms with Crippen LogP contribution >= 0.6 is 0 Å². The van der Waals surface area contributed by atoms with E-state index in [-0.39, 0.29) is 11.9 Å². The fourth-order valence-electron chi connectivity index (χ4n) is 2.38. The first kappa shape index (κ1) is 14.5. The Kier molecular flexibility index (Phi) is 5.13. The Morgan fingerprint density at radius 3 is 2.50 bits per heavy atom. The molecule has 0 aliphatic heterocycles. The van der Waals surface area contributed by atoms with Gasteiger partial charge in [-0.3, -0.25) is 0 Å². The topological polar surface area (TPSA) is 21.3 Å². The van der Waals surface area contributed by atoms with E-state index in [1.54, 1.807) is 13.2 Å². The molecule has 0 saturated carbocycles. The molecular formula is C17H20FNO. The fourth-order valence-corrected chi connectivity index (χ4v) is 2.38. The van der Waals surface area contributed by atoms with Gasteiger partial charge in [-0.1, -0.05) is 43.3 Å². The molecule has 2 aromatic rings. The number of hydrogen-bond donors (Lipinski definition) is 1. The maximum atomic E-state index is 13.8. The van der Waals surface area contributed by atoms with Gasteiger partial charge in [-0.25, -0.2) is 4.39 Å². The highest BCUT2D eigenvalue weighted by Crippen LogP contribution is 2.28. The number of benzene rings is 2. The molecule has 0 amide bonds. The normalized spacial score (nSPS) is 12.2. The summed E-state index contributed by atoms with van der Waals surface area (Å²) in [5.74, 6) is 0.667. The maximum Gasteiger partial charge on any atom is 0.126 e. The zero-order chi connectivity index (χ0) is 14.4. The average Bonchev–Trinajstić information content (AvgIpc) is 2.49. The molecule has 1 atom stereocenters. The number of methoxy groups -OCH3 is 1. The molecule has 0 spiro atoms. The summed E-state index contributed by atoms with van der Waals surface area (Å²) in [7, 11) is 1.66. The van der Waals surface area contributed by atoms with Gasteiger partial charge in [0.15, 0.2) is 0 Å². The number of ether oxygens (including phenoxy) is 1. The summed E-state index contributed by atoms with van der Waals surface area (Å²) in [5.41, 5.74) is 1.77. The molecule has 1 N–H and O–H groups in total. The van der Waals surface area contributed by atoms with Crippen LogP contribution < -0.4 is 10.1 Å². The van der Waals surface area contributed by atoms with Gasteiger partial charge in [-0.05, 0) is 30.7 Å². The van der Waals surface area contributed by atoms with Crippen molar-refractivity contribution in [2.24, 2.45) is 0 Å². The van der Waals surface area contributed by atoms with Crippen LogP contribution in [0.5, 0.6) is 5.75 Å². The van der Waals surface area contributed by atoms with E-state index >= 15 is 0 Å². The van der Waals surface area contributed by atoms with E-state index in [0.717, 1.165) is 17.9 Å². The summed E-state index contributed by atoms with van der Waals surface area (Å²) in [6.45, 7) is 2.86. The first-order valence-electron chi connectivity index (χ1n) is 6.86. The summed E-state index contributed by atoms with van der Waals surface area (Å²) >= 11 is 0. The van der Waals surface area contributed by atoms with Gasteiger partial charge in [0, 0.05) is 11.6 Å². The lowest BCUT2D eigenvalue weighted by Gasteiger charge is -2.21. The van der Waals surface area contributed by atoms with E-state index in [4.69, 9.17) is 4.74 Å². The molecule has 106 valence electrons. The van der Waals surface area contributed by atoms with E-state index in [2.05, 4.69) is 5.32 Å². The third-order valence-corrected chi connectivity index (χ3v) is 3.35. The molecule has 0 aliphatic rings. The zero-order valence-electron chi connectivity index (χ0n) is 11.9. The molecule has 0 heterocycles. The van der Waals surface area contributed by atoms with E-state index < -0.39 is 0 Å². The van der Waals surface area contributed by atoms with Crippen molar-refractivity contribution >= 4 is 0 Å². The van der Waals surface area contributed by atoms with Gasteiger partial charge < -0.3 is 10.1 Å². The molecule has 0 aromatic heterocycles. The minimum atomic E-state index is -0.162. The highest BCUT2D eigenvalue weighted by Gasteiger charge is 2.16. The molecule has 2 rings (SSSR count). The van der Waals surface area contributed by atoms with Gasteiger partial charge >= 0.3 is 0 Å². The van der Waals surface area contributed by atoms with Crippen molar-refractivity contribution in [3.8, 4) is 5.75 Å². The standard InChI is InChI=1S/C17H20FNO/c1-3-19-16(12-13-8-4-6-10-15(13)18)14-9-5-7-11-17(14)20-2/h4-11,16,19H,3,12H2,1-2H3. The summed E-state index contributed by atoms with van der Waals surface area (Å²) in [5, 5.41) is 3.40. The molecule has 0 fully saturated rings. The summed E-state index contributed by atoms with van der Waals surface area (Å²) in [4.78, 5) is 0. The molecular weight excluding hydrogens is 253 g/mol. The number of para-hydroxylation sites is 1. The quantitative estimate of drug-likeness (QED) is 0.866. The van der Waals surface area contributed by atoms with Crippen molar-refractivity contribution in [3.05, 3.63) is 65.5 Å². The first-order valence-corrected chi connectivity index (χ1v) is 6.86. The zero-order valence-corrected chi connectivity index (χ0v) is 11.9. The van der Waals surface area contributed by atoms with Crippen LogP contribution in [-0.2, 0) is 6.42 Å². The monoisotopic (exact) mass is 273 g/mol. The second-order valence-electron chi connectivity index (χ2n) is 4.65. The van der Waals surface area contributed by atoms with Crippen LogP contribution in [-0.4, -0.2) is 13.7 Å². The summed E-state index contributed by atoms with van der Waals surface area (Å²) in [6, 6.07) is 14.8. The summed E-state index contributed by atoms with van der Waals surface area (Å²) < 4.78 is 19.2. The van der Waals surface area contributed by atoms with Gasteiger partial charge in [0.2, 0.25) is 0 Å². The number of likely N-dealkylation sites (N-methyl/N-ethyl adjacent to an activating group) is 1. The Labute approximate surface area is 119 Å². The van der Waals surface area contributed by atoms with Gasteiger partial charge in [0.1, 0.15) is 11.6 Å². The van der Waals surface area contributed by atoms with E-state index in [1.165, 1.54) is 6.07 Å². The molecule has 0 bridgehead atoms. The lowest BCUT2D eigenvalue weighted by atomic mass is 9.97. The van der Waals surface area contributed by atoms with Crippen molar-refractivity contribution in [1.29, 1.82) is 0 Å². The predicted octanol–water partition coefficient (Wildman–Crippen LogP) is 3.73. The first-order chi connectivity index (χ1) is 9.76. The van der Waals surface area contributed by atoms with Crippen LogP contribution in [0.4, 0.5) is 4.39 Å². The highest BCUT2D eigenvalue weighted by atomic mass is 19.1. The second kappa shape index (κ2) is 7.06. The third kappa shape index (κ3) is 3.36. The Bertz CT molecular complexity index is 556. The van der Waals surface area contributed by atoms with Gasteiger partial charge in [0.05, 0.1) is 7.11 Å². The average molecular weight is 273 g/mol. The third-order valence-electron chi connectivity index (χ3n) is 3.35. The SMILES string of the molecule is CCNC(Cc1ccccc1F)c1ccccc1OC. The van der Waals surface area contributed by atoms with Crippen LogP contribution in [0.25, 0.3) is 0 Å². The van der Waals surface area contributed by atoms with E-state index in [1.807, 2.05) is 43.3 Å². The Balaban J connectivity index is 2.29. The van der Waals surface area contributed by atoms with Gasteiger partial charge in [0.25, 0.3) is 0 Å². The van der Waals surface area contributed by atoms with Crippen LogP contribution in [0.3, 0.4) is 0 Å². The lowest BCUT2D eigenvalue weighted by molar-refractivity contribution is 0.398. The Morgan fingerprint density at radius 1 is 1.10 bits per heavy atom. The van der Waals surface area contributed by atoms with Crippen molar-refractivity contribution in [2.75, 3.05) is 13.7 Å². The molecule has 0 saturated heterocycles. The highest BCUT2D eigenvalue weighted by molar-refractivity contribution is 5.37. The van der Waals surface area contributed by atoms with Crippen molar-refractivity contribution in [1.82, 2.24) is 5.32 Å². The van der Waals surface area contributed by atoms with Gasteiger partial charge in [-0.2, -0.15) is 0 Å². The minimum Gasteiger partial charge on any atom is -0.496 e. The predicted molar refractivity (Wildman–Crippen MR) is 79.5 cm³/mol. The van der Waals surface area contributed by atoms with Crippen LogP contribution in [0.2, 0.25) is 0 Å². The fraction of sp³-hybridized carbons (Fsp3) is 0.294. The molecule has 3 heteroatoms. The molecule has 20 heavy (non-hydrogen) atoms. The van der Waals surface area contributed by atoms with E-state index in [0.29, 0.717) is 12.0 Å². The number of rotatable bonds is 6. The molecule has 0 radical (unpaired) electrons. The van der Waals surface area contributed by atoms with Gasteiger partial charge in [-0.15, -0.1) is 0 Å². The van der Waals surface area contributed by atoms with Crippen molar-refractivity contribution in [2.45, 2.75) is 19.4 Å². The number of halogens is 1.